The van der Waals surface area contributed by atoms with Crippen LogP contribution in [-0.4, -0.2) is 42.6 Å². The van der Waals surface area contributed by atoms with Crippen LogP contribution in [0.2, 0.25) is 0 Å². The van der Waals surface area contributed by atoms with Crippen molar-refractivity contribution in [3.8, 4) is 0 Å². The minimum absolute atomic E-state index is 0.931. The molecule has 0 radical (unpaired) electrons. The number of pyridine rings is 1. The number of hydrogen-bond acceptors (Lipinski definition) is 3. The van der Waals surface area contributed by atoms with Crippen LogP contribution in [0.15, 0.2) is 22.8 Å². The summed E-state index contributed by atoms with van der Waals surface area (Å²) < 4.78 is 0.931. The van der Waals surface area contributed by atoms with Crippen molar-refractivity contribution in [2.24, 2.45) is 0 Å². The second kappa shape index (κ2) is 5.58. The average Bonchev–Trinajstić information content (AvgIpc) is 2.28. The molecule has 0 aliphatic carbocycles. The molecule has 3 nitrogen and oxygen atoms in total. The van der Waals surface area contributed by atoms with Gasteiger partial charge in [0.05, 0.1) is 0 Å². The summed E-state index contributed by atoms with van der Waals surface area (Å²) in [5, 5.41) is 3.36. The molecule has 0 bridgehead atoms. The van der Waals surface area contributed by atoms with E-state index >= 15 is 0 Å². The van der Waals surface area contributed by atoms with E-state index in [9.17, 15) is 0 Å². The lowest BCUT2D eigenvalue weighted by Crippen LogP contribution is -2.44. The highest BCUT2D eigenvalue weighted by atomic mass is 79.9. The van der Waals surface area contributed by atoms with Gasteiger partial charge in [-0.1, -0.05) is 6.07 Å². The maximum Gasteiger partial charge on any atom is 0.106 e. The van der Waals surface area contributed by atoms with Gasteiger partial charge in [0.25, 0.3) is 0 Å². The van der Waals surface area contributed by atoms with E-state index < -0.39 is 0 Å². The van der Waals surface area contributed by atoms with Gasteiger partial charge >= 0.3 is 0 Å². The lowest BCUT2D eigenvalue weighted by molar-refractivity contribution is 0.243. The molecular weight excluding hydrogens is 254 g/mol. The Morgan fingerprint density at radius 3 is 2.87 bits per heavy atom. The fourth-order valence-electron chi connectivity index (χ4n) is 1.80. The van der Waals surface area contributed by atoms with Gasteiger partial charge in [0, 0.05) is 44.8 Å². The molecular formula is C11H16BrN3. The van der Waals surface area contributed by atoms with Crippen molar-refractivity contribution in [1.82, 2.24) is 15.2 Å². The first-order valence-electron chi connectivity index (χ1n) is 5.39. The van der Waals surface area contributed by atoms with Crippen LogP contribution in [0.1, 0.15) is 5.69 Å². The van der Waals surface area contributed by atoms with Crippen molar-refractivity contribution in [1.29, 1.82) is 0 Å². The zero-order valence-electron chi connectivity index (χ0n) is 8.75. The molecule has 0 spiro atoms. The van der Waals surface area contributed by atoms with Gasteiger partial charge in [0.1, 0.15) is 4.60 Å². The molecule has 1 aliphatic rings. The van der Waals surface area contributed by atoms with Gasteiger partial charge in [-0.3, -0.25) is 0 Å². The maximum absolute atomic E-state index is 4.43. The van der Waals surface area contributed by atoms with Crippen LogP contribution in [-0.2, 0) is 6.42 Å². The number of halogens is 1. The molecule has 4 heteroatoms. The lowest BCUT2D eigenvalue weighted by Gasteiger charge is -2.26. The van der Waals surface area contributed by atoms with Crippen LogP contribution in [0.3, 0.4) is 0 Å². The molecule has 15 heavy (non-hydrogen) atoms. The summed E-state index contributed by atoms with van der Waals surface area (Å²) >= 11 is 3.39. The van der Waals surface area contributed by atoms with Crippen molar-refractivity contribution in [3.05, 3.63) is 28.5 Å². The van der Waals surface area contributed by atoms with Gasteiger partial charge in [0.2, 0.25) is 0 Å². The van der Waals surface area contributed by atoms with Crippen molar-refractivity contribution >= 4 is 15.9 Å². The fourth-order valence-corrected chi connectivity index (χ4v) is 2.18. The zero-order chi connectivity index (χ0) is 10.5. The molecule has 2 rings (SSSR count). The highest BCUT2D eigenvalue weighted by Crippen LogP contribution is 2.07. The van der Waals surface area contributed by atoms with Gasteiger partial charge in [0.15, 0.2) is 0 Å². The molecule has 2 heterocycles. The minimum Gasteiger partial charge on any atom is -0.314 e. The summed E-state index contributed by atoms with van der Waals surface area (Å²) in [5.74, 6) is 0. The third-order valence-electron chi connectivity index (χ3n) is 2.67. The largest absolute Gasteiger partial charge is 0.314 e. The van der Waals surface area contributed by atoms with Crippen molar-refractivity contribution in [3.63, 3.8) is 0 Å². The van der Waals surface area contributed by atoms with E-state index in [1.807, 2.05) is 12.1 Å². The molecule has 82 valence electrons. The summed E-state index contributed by atoms with van der Waals surface area (Å²) in [6.45, 7) is 5.67. The molecule has 0 aromatic carbocycles. The summed E-state index contributed by atoms with van der Waals surface area (Å²) in [5.41, 5.74) is 1.17. The second-order valence-corrected chi connectivity index (χ2v) is 4.61. The van der Waals surface area contributed by atoms with Gasteiger partial charge in [-0.25, -0.2) is 4.98 Å². The Morgan fingerprint density at radius 2 is 2.13 bits per heavy atom. The molecule has 1 aromatic rings. The van der Waals surface area contributed by atoms with Crippen LogP contribution in [0.25, 0.3) is 0 Å². The lowest BCUT2D eigenvalue weighted by atomic mass is 10.2. The number of piperazine rings is 1. The van der Waals surface area contributed by atoms with Crippen LogP contribution < -0.4 is 5.32 Å². The smallest absolute Gasteiger partial charge is 0.106 e. The molecule has 1 aromatic heterocycles. The first kappa shape index (κ1) is 11.0. The third kappa shape index (κ3) is 3.55. The summed E-state index contributed by atoms with van der Waals surface area (Å²) in [6, 6.07) is 6.10. The minimum atomic E-state index is 0.931. The predicted molar refractivity (Wildman–Crippen MR) is 65.0 cm³/mol. The van der Waals surface area contributed by atoms with Gasteiger partial charge in [-0.05, 0) is 28.1 Å². The molecule has 1 N–H and O–H groups in total. The van der Waals surface area contributed by atoms with Crippen LogP contribution in [0.4, 0.5) is 0 Å². The summed E-state index contributed by atoms with van der Waals surface area (Å²) in [6.07, 6.45) is 1.04. The van der Waals surface area contributed by atoms with E-state index in [0.717, 1.165) is 43.7 Å². The SMILES string of the molecule is Brc1cccc(CCN2CCNCC2)n1. The highest BCUT2D eigenvalue weighted by Gasteiger charge is 2.09. The van der Waals surface area contributed by atoms with Gasteiger partial charge in [-0.15, -0.1) is 0 Å². The van der Waals surface area contributed by atoms with E-state index in [1.165, 1.54) is 5.69 Å². The first-order chi connectivity index (χ1) is 7.34. The Bertz CT molecular complexity index is 310. The average molecular weight is 270 g/mol. The van der Waals surface area contributed by atoms with E-state index in [1.54, 1.807) is 0 Å². The topological polar surface area (TPSA) is 28.2 Å². The maximum atomic E-state index is 4.43. The Labute approximate surface area is 99.0 Å². The van der Waals surface area contributed by atoms with E-state index in [2.05, 4.69) is 37.2 Å². The predicted octanol–water partition coefficient (Wildman–Crippen LogP) is 1.29. The van der Waals surface area contributed by atoms with Crippen LogP contribution in [0.5, 0.6) is 0 Å². The zero-order valence-corrected chi connectivity index (χ0v) is 10.3. The number of hydrogen-bond donors (Lipinski definition) is 1. The quantitative estimate of drug-likeness (QED) is 0.839. The Morgan fingerprint density at radius 1 is 1.33 bits per heavy atom. The molecule has 0 saturated carbocycles. The van der Waals surface area contributed by atoms with E-state index in [0.29, 0.717) is 0 Å². The van der Waals surface area contributed by atoms with Crippen molar-refractivity contribution < 1.29 is 0 Å². The second-order valence-electron chi connectivity index (χ2n) is 3.79. The number of aromatic nitrogens is 1. The standard InChI is InChI=1S/C11H16BrN3/c12-11-3-1-2-10(14-11)4-7-15-8-5-13-6-9-15/h1-3,13H,4-9H2. The molecule has 0 amide bonds. The van der Waals surface area contributed by atoms with E-state index in [4.69, 9.17) is 0 Å². The monoisotopic (exact) mass is 269 g/mol. The van der Waals surface area contributed by atoms with Crippen molar-refractivity contribution in [2.45, 2.75) is 6.42 Å². The molecule has 0 atom stereocenters. The van der Waals surface area contributed by atoms with Crippen LogP contribution >= 0.6 is 15.9 Å². The number of rotatable bonds is 3. The van der Waals surface area contributed by atoms with Crippen LogP contribution in [0, 0.1) is 0 Å². The normalized spacial score (nSPS) is 17.9. The number of nitrogens with one attached hydrogen (secondary N) is 1. The Kier molecular flexibility index (Phi) is 4.11. The van der Waals surface area contributed by atoms with E-state index in [-0.39, 0.29) is 0 Å². The molecule has 1 saturated heterocycles. The fraction of sp³-hybridized carbons (Fsp3) is 0.545. The summed E-state index contributed by atoms with van der Waals surface area (Å²) in [7, 11) is 0. The molecule has 1 aliphatic heterocycles. The van der Waals surface area contributed by atoms with Gasteiger partial charge in [-0.2, -0.15) is 0 Å². The molecule has 0 unspecified atom stereocenters. The van der Waals surface area contributed by atoms with Gasteiger partial charge < -0.3 is 10.2 Å². The first-order valence-corrected chi connectivity index (χ1v) is 6.18. The summed E-state index contributed by atoms with van der Waals surface area (Å²) in [4.78, 5) is 6.92. The van der Waals surface area contributed by atoms with Crippen molar-refractivity contribution in [2.75, 3.05) is 32.7 Å². The Hall–Kier alpha value is -0.450. The highest BCUT2D eigenvalue weighted by molar-refractivity contribution is 9.10. The Balaban J connectivity index is 1.81. The third-order valence-corrected chi connectivity index (χ3v) is 3.11. The number of nitrogens with zero attached hydrogens (tertiary/aromatic N) is 2. The molecule has 1 fully saturated rings.